The van der Waals surface area contributed by atoms with E-state index in [4.69, 9.17) is 5.11 Å². The number of carbonyl (C=O) groups excluding carboxylic acids is 1. The standard InChI is InChI=1S/C12H18N2O4/c1-7(2)6-14(8(3)4)11(15)9-5-10(12(16)17)18-13-9/h5,7-8H,6H2,1-4H3,(H,16,17). The Morgan fingerprint density at radius 2 is 2.00 bits per heavy atom. The van der Waals surface area contributed by atoms with Gasteiger partial charge >= 0.3 is 5.97 Å². The van der Waals surface area contributed by atoms with Crippen LogP contribution in [-0.4, -0.2) is 39.6 Å². The van der Waals surface area contributed by atoms with Crippen molar-refractivity contribution in [1.29, 1.82) is 0 Å². The largest absolute Gasteiger partial charge is 0.475 e. The van der Waals surface area contributed by atoms with Crippen LogP contribution < -0.4 is 0 Å². The molecule has 6 heteroatoms. The number of aromatic carboxylic acids is 1. The number of carbonyl (C=O) groups is 2. The van der Waals surface area contributed by atoms with Crippen LogP contribution in [0.15, 0.2) is 10.6 Å². The molecular formula is C12H18N2O4. The Kier molecular flexibility index (Phi) is 4.47. The molecule has 0 aliphatic heterocycles. The summed E-state index contributed by atoms with van der Waals surface area (Å²) in [5.41, 5.74) is 0.0294. The maximum atomic E-state index is 12.2. The summed E-state index contributed by atoms with van der Waals surface area (Å²) in [5.74, 6) is -1.55. The van der Waals surface area contributed by atoms with Crippen molar-refractivity contribution in [2.24, 2.45) is 5.92 Å². The molecule has 18 heavy (non-hydrogen) atoms. The van der Waals surface area contributed by atoms with E-state index < -0.39 is 5.97 Å². The average Bonchev–Trinajstić information content (AvgIpc) is 2.73. The van der Waals surface area contributed by atoms with E-state index in [0.717, 1.165) is 6.07 Å². The summed E-state index contributed by atoms with van der Waals surface area (Å²) in [6.45, 7) is 8.41. The average molecular weight is 254 g/mol. The number of carboxylic acid groups (broad SMARTS) is 1. The molecule has 1 heterocycles. The SMILES string of the molecule is CC(C)CN(C(=O)c1cc(C(=O)O)on1)C(C)C. The lowest BCUT2D eigenvalue weighted by Gasteiger charge is -2.27. The Labute approximate surface area is 106 Å². The highest BCUT2D eigenvalue weighted by atomic mass is 16.5. The van der Waals surface area contributed by atoms with Crippen molar-refractivity contribution in [1.82, 2.24) is 10.1 Å². The lowest BCUT2D eigenvalue weighted by Crippen LogP contribution is -2.39. The van der Waals surface area contributed by atoms with E-state index in [-0.39, 0.29) is 23.4 Å². The summed E-state index contributed by atoms with van der Waals surface area (Å²) in [6, 6.07) is 1.17. The van der Waals surface area contributed by atoms with E-state index in [0.29, 0.717) is 12.5 Å². The van der Waals surface area contributed by atoms with Gasteiger partial charge in [-0.15, -0.1) is 0 Å². The number of nitrogens with zero attached hydrogens (tertiary/aromatic N) is 2. The number of rotatable bonds is 5. The molecule has 0 unspecified atom stereocenters. The van der Waals surface area contributed by atoms with Crippen molar-refractivity contribution in [2.45, 2.75) is 33.7 Å². The molecular weight excluding hydrogens is 236 g/mol. The Hall–Kier alpha value is -1.85. The highest BCUT2D eigenvalue weighted by Gasteiger charge is 2.24. The van der Waals surface area contributed by atoms with Gasteiger partial charge in [-0.25, -0.2) is 4.79 Å². The predicted octanol–water partition coefficient (Wildman–Crippen LogP) is 1.88. The van der Waals surface area contributed by atoms with Gasteiger partial charge in [-0.2, -0.15) is 0 Å². The molecule has 1 amide bonds. The second kappa shape index (κ2) is 5.66. The number of amides is 1. The minimum absolute atomic E-state index is 0.0184. The zero-order chi connectivity index (χ0) is 13.9. The lowest BCUT2D eigenvalue weighted by molar-refractivity contribution is 0.0640. The molecule has 0 atom stereocenters. The first kappa shape index (κ1) is 14.2. The molecule has 100 valence electrons. The van der Waals surface area contributed by atoms with Crippen molar-refractivity contribution >= 4 is 11.9 Å². The molecule has 0 aliphatic rings. The lowest BCUT2D eigenvalue weighted by atomic mass is 10.1. The van der Waals surface area contributed by atoms with Gasteiger partial charge in [0.05, 0.1) is 0 Å². The second-order valence-electron chi connectivity index (χ2n) is 4.83. The normalized spacial score (nSPS) is 11.0. The van der Waals surface area contributed by atoms with E-state index in [2.05, 4.69) is 9.68 Å². The summed E-state index contributed by atoms with van der Waals surface area (Å²) >= 11 is 0. The zero-order valence-corrected chi connectivity index (χ0v) is 11.0. The molecule has 1 rings (SSSR count). The summed E-state index contributed by atoms with van der Waals surface area (Å²) in [5, 5.41) is 12.2. The maximum Gasteiger partial charge on any atom is 0.374 e. The molecule has 0 radical (unpaired) electrons. The minimum Gasteiger partial charge on any atom is -0.475 e. The number of aromatic nitrogens is 1. The van der Waals surface area contributed by atoms with Gasteiger partial charge in [0.1, 0.15) is 0 Å². The number of hydrogen-bond acceptors (Lipinski definition) is 4. The van der Waals surface area contributed by atoms with Crippen molar-refractivity contribution in [2.75, 3.05) is 6.54 Å². The first-order chi connectivity index (χ1) is 8.32. The van der Waals surface area contributed by atoms with Crippen LogP contribution in [0, 0.1) is 5.92 Å². The molecule has 0 aromatic carbocycles. The van der Waals surface area contributed by atoms with Crippen LogP contribution >= 0.6 is 0 Å². The monoisotopic (exact) mass is 254 g/mol. The van der Waals surface area contributed by atoms with Gasteiger partial charge in [0, 0.05) is 18.7 Å². The van der Waals surface area contributed by atoms with Crippen LogP contribution in [-0.2, 0) is 0 Å². The van der Waals surface area contributed by atoms with Crippen LogP contribution in [0.3, 0.4) is 0 Å². The Morgan fingerprint density at radius 3 is 2.39 bits per heavy atom. The Bertz CT molecular complexity index is 437. The van der Waals surface area contributed by atoms with Crippen molar-refractivity contribution in [3.05, 3.63) is 17.5 Å². The quantitative estimate of drug-likeness (QED) is 0.867. The molecule has 0 spiro atoms. The number of carboxylic acids is 1. The van der Waals surface area contributed by atoms with Gasteiger partial charge in [0.25, 0.3) is 5.91 Å². The third-order valence-corrected chi connectivity index (χ3v) is 2.39. The fourth-order valence-corrected chi connectivity index (χ4v) is 1.55. The van der Waals surface area contributed by atoms with Crippen LogP contribution in [0.25, 0.3) is 0 Å². The van der Waals surface area contributed by atoms with Gasteiger partial charge in [-0.1, -0.05) is 19.0 Å². The maximum absolute atomic E-state index is 12.2. The van der Waals surface area contributed by atoms with Crippen LogP contribution in [0.1, 0.15) is 48.7 Å². The molecule has 0 aliphatic carbocycles. The van der Waals surface area contributed by atoms with E-state index in [1.165, 1.54) is 0 Å². The first-order valence-corrected chi connectivity index (χ1v) is 5.84. The first-order valence-electron chi connectivity index (χ1n) is 5.84. The van der Waals surface area contributed by atoms with E-state index in [1.807, 2.05) is 27.7 Å². The van der Waals surface area contributed by atoms with Gasteiger partial charge in [0.2, 0.25) is 5.76 Å². The van der Waals surface area contributed by atoms with E-state index in [9.17, 15) is 9.59 Å². The van der Waals surface area contributed by atoms with Crippen molar-refractivity contribution in [3.8, 4) is 0 Å². The van der Waals surface area contributed by atoms with E-state index >= 15 is 0 Å². The Morgan fingerprint density at radius 1 is 1.39 bits per heavy atom. The fourth-order valence-electron chi connectivity index (χ4n) is 1.55. The molecule has 1 aromatic rings. The predicted molar refractivity (Wildman–Crippen MR) is 64.5 cm³/mol. The molecule has 0 saturated carbocycles. The summed E-state index contributed by atoms with van der Waals surface area (Å²) in [6.07, 6.45) is 0. The molecule has 6 nitrogen and oxygen atoms in total. The van der Waals surface area contributed by atoms with Gasteiger partial charge in [-0.3, -0.25) is 4.79 Å². The Balaban J connectivity index is 2.91. The smallest absolute Gasteiger partial charge is 0.374 e. The van der Waals surface area contributed by atoms with Gasteiger partial charge < -0.3 is 14.5 Å². The second-order valence-corrected chi connectivity index (χ2v) is 4.83. The van der Waals surface area contributed by atoms with Gasteiger partial charge in [-0.05, 0) is 19.8 Å². The summed E-state index contributed by atoms with van der Waals surface area (Å²) < 4.78 is 4.59. The van der Waals surface area contributed by atoms with Crippen LogP contribution in [0.4, 0.5) is 0 Å². The highest BCUT2D eigenvalue weighted by Crippen LogP contribution is 2.12. The molecule has 1 aromatic heterocycles. The molecule has 1 N–H and O–H groups in total. The van der Waals surface area contributed by atoms with Gasteiger partial charge in [0.15, 0.2) is 5.69 Å². The third kappa shape index (κ3) is 3.32. The third-order valence-electron chi connectivity index (χ3n) is 2.39. The molecule has 0 fully saturated rings. The van der Waals surface area contributed by atoms with Crippen molar-refractivity contribution in [3.63, 3.8) is 0 Å². The summed E-state index contributed by atoms with van der Waals surface area (Å²) in [4.78, 5) is 24.5. The fraction of sp³-hybridized carbons (Fsp3) is 0.583. The van der Waals surface area contributed by atoms with Crippen molar-refractivity contribution < 1.29 is 19.2 Å². The molecule has 0 saturated heterocycles. The highest BCUT2D eigenvalue weighted by molar-refractivity contribution is 5.95. The molecule has 0 bridgehead atoms. The topological polar surface area (TPSA) is 83.6 Å². The minimum atomic E-state index is -1.23. The van der Waals surface area contributed by atoms with Crippen LogP contribution in [0.5, 0.6) is 0 Å². The number of hydrogen-bond donors (Lipinski definition) is 1. The zero-order valence-electron chi connectivity index (χ0n) is 11.0. The summed E-state index contributed by atoms with van der Waals surface area (Å²) in [7, 11) is 0. The van der Waals surface area contributed by atoms with E-state index in [1.54, 1.807) is 4.90 Å². The van der Waals surface area contributed by atoms with Crippen LogP contribution in [0.2, 0.25) is 0 Å².